The lowest BCUT2D eigenvalue weighted by Gasteiger charge is -2.31. The largest absolute Gasteiger partial charge is 0.451 e. The van der Waals surface area contributed by atoms with Crippen molar-refractivity contribution in [3.8, 4) is 0 Å². The fourth-order valence-corrected chi connectivity index (χ4v) is 3.46. The van der Waals surface area contributed by atoms with Crippen LogP contribution >= 0.6 is 0 Å². The molecule has 1 fully saturated rings. The third-order valence-electron chi connectivity index (χ3n) is 6.19. The first-order valence-electron chi connectivity index (χ1n) is 9.39. The Labute approximate surface area is 161 Å². The van der Waals surface area contributed by atoms with Gasteiger partial charge in [-0.2, -0.15) is 0 Å². The second-order valence-electron chi connectivity index (χ2n) is 8.89. The van der Waals surface area contributed by atoms with Crippen molar-refractivity contribution in [2.45, 2.75) is 72.1 Å². The zero-order valence-corrected chi connectivity index (χ0v) is 17.7. The van der Waals surface area contributed by atoms with E-state index in [-0.39, 0.29) is 28.8 Å². The number of cyclic esters (lactones) is 1. The molecule has 2 heterocycles. The van der Waals surface area contributed by atoms with E-state index in [0.29, 0.717) is 25.1 Å². The molecule has 2 atom stereocenters. The van der Waals surface area contributed by atoms with Gasteiger partial charge in [-0.05, 0) is 39.7 Å². The monoisotopic (exact) mass is 380 g/mol. The maximum Gasteiger partial charge on any atom is 0.344 e. The number of esters is 1. The van der Waals surface area contributed by atoms with Crippen LogP contribution in [0.15, 0.2) is 11.1 Å². The van der Waals surface area contributed by atoms with Crippen molar-refractivity contribution < 1.29 is 23.9 Å². The van der Waals surface area contributed by atoms with Crippen molar-refractivity contribution >= 4 is 17.8 Å². The smallest absolute Gasteiger partial charge is 0.344 e. The summed E-state index contributed by atoms with van der Waals surface area (Å²) in [6.07, 6.45) is 0.540. The summed E-state index contributed by atoms with van der Waals surface area (Å²) in [4.78, 5) is 39.5. The average molecular weight is 380 g/mol. The number of ether oxygens (including phenoxy) is 2. The zero-order chi connectivity index (χ0) is 20.8. The lowest BCUT2D eigenvalue weighted by Crippen LogP contribution is -2.53. The number of likely N-dealkylation sites (tertiary alicyclic amines) is 1. The van der Waals surface area contributed by atoms with E-state index in [0.717, 1.165) is 0 Å². The average Bonchev–Trinajstić information content (AvgIpc) is 2.98. The number of carbonyl (C=O) groups is 3. The Morgan fingerprint density at radius 1 is 1.33 bits per heavy atom. The highest BCUT2D eigenvalue weighted by molar-refractivity contribution is 6.18. The summed E-state index contributed by atoms with van der Waals surface area (Å²) in [6.45, 7) is 13.7. The van der Waals surface area contributed by atoms with Crippen LogP contribution in [-0.4, -0.2) is 60.1 Å². The second-order valence-corrected chi connectivity index (χ2v) is 8.89. The van der Waals surface area contributed by atoms with Crippen molar-refractivity contribution in [1.82, 2.24) is 10.2 Å². The standard InChI is InChI=1S/C20H32N2O5/c1-9-20(7,26-8)17(25)21-13-10-22(11-18(13,3)4)15(23)14-12(2)19(5,6)27-16(14)24/h13H,9-11H2,1-8H3,(H,21,25). The highest BCUT2D eigenvalue weighted by atomic mass is 16.6. The molecule has 2 unspecified atom stereocenters. The van der Waals surface area contributed by atoms with Crippen LogP contribution in [0.4, 0.5) is 0 Å². The summed E-state index contributed by atoms with van der Waals surface area (Å²) in [5, 5.41) is 3.04. The van der Waals surface area contributed by atoms with Crippen molar-refractivity contribution in [2.24, 2.45) is 5.41 Å². The number of nitrogens with one attached hydrogen (secondary N) is 1. The van der Waals surface area contributed by atoms with Crippen molar-refractivity contribution in [2.75, 3.05) is 20.2 Å². The van der Waals surface area contributed by atoms with Crippen LogP contribution in [0, 0.1) is 5.41 Å². The van der Waals surface area contributed by atoms with Crippen molar-refractivity contribution in [3.63, 3.8) is 0 Å². The first-order chi connectivity index (χ1) is 12.3. The molecular weight excluding hydrogens is 348 g/mol. The summed E-state index contributed by atoms with van der Waals surface area (Å²) in [7, 11) is 1.52. The number of hydrogen-bond acceptors (Lipinski definition) is 5. The maximum absolute atomic E-state index is 13.0. The Hall–Kier alpha value is -1.89. The molecule has 152 valence electrons. The SMILES string of the molecule is CCC(C)(OC)C(=O)NC1CN(C(=O)C2=C(C)C(C)(C)OC2=O)CC1(C)C. The second kappa shape index (κ2) is 6.93. The Balaban J connectivity index is 2.20. The molecule has 0 saturated carbocycles. The zero-order valence-electron chi connectivity index (χ0n) is 17.7. The third-order valence-corrected chi connectivity index (χ3v) is 6.19. The minimum absolute atomic E-state index is 0.109. The fraction of sp³-hybridized carbons (Fsp3) is 0.750. The molecule has 1 saturated heterocycles. The number of carbonyl (C=O) groups excluding carboxylic acids is 3. The van der Waals surface area contributed by atoms with Crippen molar-refractivity contribution in [3.05, 3.63) is 11.1 Å². The normalized spacial score (nSPS) is 26.0. The molecule has 1 N–H and O–H groups in total. The van der Waals surface area contributed by atoms with Gasteiger partial charge in [0.1, 0.15) is 16.8 Å². The van der Waals surface area contributed by atoms with E-state index in [1.165, 1.54) is 7.11 Å². The molecule has 0 spiro atoms. The van der Waals surface area contributed by atoms with E-state index in [1.54, 1.807) is 32.6 Å². The van der Waals surface area contributed by atoms with Crippen LogP contribution in [0.3, 0.4) is 0 Å². The third kappa shape index (κ3) is 3.74. The van der Waals surface area contributed by atoms with E-state index in [9.17, 15) is 14.4 Å². The molecule has 2 aliphatic heterocycles. The summed E-state index contributed by atoms with van der Waals surface area (Å²) in [5.74, 6) is -1.11. The van der Waals surface area contributed by atoms with Gasteiger partial charge in [0.05, 0.1) is 6.04 Å². The number of methoxy groups -OCH3 is 1. The number of rotatable bonds is 5. The van der Waals surface area contributed by atoms with Gasteiger partial charge in [-0.3, -0.25) is 9.59 Å². The van der Waals surface area contributed by atoms with Gasteiger partial charge in [0.15, 0.2) is 0 Å². The lowest BCUT2D eigenvalue weighted by molar-refractivity contribution is -0.146. The highest BCUT2D eigenvalue weighted by Gasteiger charge is 2.48. The predicted molar refractivity (Wildman–Crippen MR) is 101 cm³/mol. The summed E-state index contributed by atoms with van der Waals surface area (Å²) in [5.41, 5.74) is -1.27. The highest BCUT2D eigenvalue weighted by Crippen LogP contribution is 2.36. The van der Waals surface area contributed by atoms with Crippen LogP contribution in [0.2, 0.25) is 0 Å². The van der Waals surface area contributed by atoms with Gasteiger partial charge in [-0.25, -0.2) is 4.79 Å². The summed E-state index contributed by atoms with van der Waals surface area (Å²) >= 11 is 0. The topological polar surface area (TPSA) is 84.9 Å². The van der Waals surface area contributed by atoms with E-state index < -0.39 is 17.2 Å². The first kappa shape index (κ1) is 21.4. The molecule has 0 aromatic carbocycles. The van der Waals surface area contributed by atoms with E-state index in [2.05, 4.69) is 5.32 Å². The minimum Gasteiger partial charge on any atom is -0.451 e. The van der Waals surface area contributed by atoms with Crippen molar-refractivity contribution in [1.29, 1.82) is 0 Å². The maximum atomic E-state index is 13.0. The molecule has 2 amide bonds. The van der Waals surface area contributed by atoms with Gasteiger partial charge in [-0.1, -0.05) is 20.8 Å². The summed E-state index contributed by atoms with van der Waals surface area (Å²) < 4.78 is 10.7. The van der Waals surface area contributed by atoms with Gasteiger partial charge in [0.25, 0.3) is 11.8 Å². The van der Waals surface area contributed by atoms with Crippen LogP contribution in [-0.2, 0) is 23.9 Å². The number of amides is 2. The van der Waals surface area contributed by atoms with Crippen LogP contribution in [0.1, 0.15) is 54.9 Å². The van der Waals surface area contributed by atoms with Gasteiger partial charge in [0.2, 0.25) is 0 Å². The molecule has 0 aromatic rings. The van der Waals surface area contributed by atoms with Crippen LogP contribution in [0.25, 0.3) is 0 Å². The van der Waals surface area contributed by atoms with Gasteiger partial charge in [0, 0.05) is 25.6 Å². The molecule has 2 rings (SSSR count). The quantitative estimate of drug-likeness (QED) is 0.581. The molecule has 2 aliphatic rings. The Morgan fingerprint density at radius 2 is 1.93 bits per heavy atom. The lowest BCUT2D eigenvalue weighted by atomic mass is 9.87. The summed E-state index contributed by atoms with van der Waals surface area (Å²) in [6, 6.07) is -0.235. The van der Waals surface area contributed by atoms with Gasteiger partial charge >= 0.3 is 5.97 Å². The molecule has 0 aliphatic carbocycles. The molecule has 0 aromatic heterocycles. The first-order valence-corrected chi connectivity index (χ1v) is 9.39. The number of nitrogens with zero attached hydrogens (tertiary/aromatic N) is 1. The Morgan fingerprint density at radius 3 is 2.37 bits per heavy atom. The van der Waals surface area contributed by atoms with Gasteiger partial charge in [-0.15, -0.1) is 0 Å². The fourth-order valence-electron chi connectivity index (χ4n) is 3.46. The Kier molecular flexibility index (Phi) is 5.49. The predicted octanol–water partition coefficient (Wildman–Crippen LogP) is 1.81. The Bertz CT molecular complexity index is 688. The van der Waals surface area contributed by atoms with E-state index in [4.69, 9.17) is 9.47 Å². The molecule has 7 nitrogen and oxygen atoms in total. The number of hydrogen-bond donors (Lipinski definition) is 1. The minimum atomic E-state index is -0.911. The van der Waals surface area contributed by atoms with E-state index >= 15 is 0 Å². The molecule has 0 bridgehead atoms. The molecule has 7 heteroatoms. The molecule has 0 radical (unpaired) electrons. The van der Waals surface area contributed by atoms with Gasteiger partial charge < -0.3 is 19.7 Å². The molecule has 27 heavy (non-hydrogen) atoms. The van der Waals surface area contributed by atoms with E-state index in [1.807, 2.05) is 20.8 Å². The van der Waals surface area contributed by atoms with Crippen LogP contribution < -0.4 is 5.32 Å². The molecular formula is C20H32N2O5. The van der Waals surface area contributed by atoms with Crippen LogP contribution in [0.5, 0.6) is 0 Å².